The van der Waals surface area contributed by atoms with Gasteiger partial charge < -0.3 is 29.6 Å². The highest BCUT2D eigenvalue weighted by Gasteiger charge is 2.32. The standard InChI is InChI=1S/C27H33N5O3/c1-17-12-29-26-22(17)11-21(13-30-26)20-9-19-3-5-31(27(33)32-6-8-35-15-18(32)2)14-24(19)23(10-20)25-16-34-7-4-28-25/h9-13,18,25,28H,3-8,14-16H2,1-2H3,(H,29,30)/t18-,25+/m1/s1. The Morgan fingerprint density at radius 2 is 2.00 bits per heavy atom. The first-order chi connectivity index (χ1) is 17.1. The van der Waals surface area contributed by atoms with Gasteiger partial charge in [-0.05, 0) is 60.2 Å². The van der Waals surface area contributed by atoms with Crippen molar-refractivity contribution in [1.29, 1.82) is 0 Å². The number of urea groups is 1. The van der Waals surface area contributed by atoms with Gasteiger partial charge in [-0.3, -0.25) is 0 Å². The van der Waals surface area contributed by atoms with Crippen LogP contribution in [0.2, 0.25) is 0 Å². The monoisotopic (exact) mass is 475 g/mol. The quantitative estimate of drug-likeness (QED) is 0.594. The number of benzene rings is 1. The van der Waals surface area contributed by atoms with Crippen molar-refractivity contribution in [2.24, 2.45) is 0 Å². The number of H-pyrrole nitrogens is 1. The molecule has 184 valence electrons. The number of fused-ring (bicyclic) bond motifs is 2. The summed E-state index contributed by atoms with van der Waals surface area (Å²) in [4.78, 5) is 25.3. The third-order valence-corrected chi connectivity index (χ3v) is 7.63. The van der Waals surface area contributed by atoms with Crippen LogP contribution in [0, 0.1) is 6.92 Å². The Labute approximate surface area is 205 Å². The van der Waals surface area contributed by atoms with E-state index in [-0.39, 0.29) is 18.1 Å². The molecular weight excluding hydrogens is 442 g/mol. The molecule has 5 heterocycles. The van der Waals surface area contributed by atoms with Crippen molar-refractivity contribution in [2.75, 3.05) is 46.1 Å². The number of nitrogens with zero attached hydrogens (tertiary/aromatic N) is 3. The average Bonchev–Trinajstić information content (AvgIpc) is 3.28. The Morgan fingerprint density at radius 1 is 1.11 bits per heavy atom. The van der Waals surface area contributed by atoms with Crippen molar-refractivity contribution >= 4 is 17.1 Å². The minimum atomic E-state index is 0.104. The van der Waals surface area contributed by atoms with Crippen LogP contribution in [0.25, 0.3) is 22.2 Å². The molecule has 0 radical (unpaired) electrons. The fraction of sp³-hybridized carbons (Fsp3) is 0.481. The number of morpholine rings is 2. The summed E-state index contributed by atoms with van der Waals surface area (Å²) in [5.41, 5.74) is 8.19. The van der Waals surface area contributed by atoms with Crippen molar-refractivity contribution in [2.45, 2.75) is 38.9 Å². The molecule has 0 unspecified atom stereocenters. The Hall–Kier alpha value is -2.94. The van der Waals surface area contributed by atoms with Gasteiger partial charge in [-0.15, -0.1) is 0 Å². The van der Waals surface area contributed by atoms with E-state index in [4.69, 9.17) is 9.47 Å². The maximum absolute atomic E-state index is 13.4. The Balaban J connectivity index is 1.37. The highest BCUT2D eigenvalue weighted by atomic mass is 16.5. The molecule has 3 aliphatic rings. The van der Waals surface area contributed by atoms with Crippen LogP contribution in [0.4, 0.5) is 4.79 Å². The van der Waals surface area contributed by atoms with Crippen LogP contribution < -0.4 is 5.32 Å². The lowest BCUT2D eigenvalue weighted by molar-refractivity contribution is 0.00929. The predicted octanol–water partition coefficient (Wildman–Crippen LogP) is 3.40. The minimum absolute atomic E-state index is 0.104. The lowest BCUT2D eigenvalue weighted by atomic mass is 9.87. The van der Waals surface area contributed by atoms with Crippen LogP contribution in [0.3, 0.4) is 0 Å². The van der Waals surface area contributed by atoms with Crippen molar-refractivity contribution < 1.29 is 14.3 Å². The molecule has 0 bridgehead atoms. The van der Waals surface area contributed by atoms with Crippen LogP contribution in [0.5, 0.6) is 0 Å². The van der Waals surface area contributed by atoms with E-state index in [1.165, 1.54) is 27.8 Å². The van der Waals surface area contributed by atoms with Gasteiger partial charge in [-0.1, -0.05) is 6.07 Å². The summed E-state index contributed by atoms with van der Waals surface area (Å²) in [6, 6.07) is 7.14. The molecule has 3 aromatic rings. The van der Waals surface area contributed by atoms with E-state index in [1.807, 2.05) is 22.2 Å². The van der Waals surface area contributed by atoms with Crippen LogP contribution in [-0.2, 0) is 22.4 Å². The molecule has 3 aliphatic heterocycles. The summed E-state index contributed by atoms with van der Waals surface area (Å²) in [5, 5.41) is 4.79. The summed E-state index contributed by atoms with van der Waals surface area (Å²) in [7, 11) is 0. The molecule has 0 saturated carbocycles. The summed E-state index contributed by atoms with van der Waals surface area (Å²) < 4.78 is 11.4. The van der Waals surface area contributed by atoms with Gasteiger partial charge in [0.05, 0.1) is 38.5 Å². The van der Waals surface area contributed by atoms with Gasteiger partial charge >= 0.3 is 6.03 Å². The number of hydrogen-bond acceptors (Lipinski definition) is 5. The molecule has 0 spiro atoms. The fourth-order valence-electron chi connectivity index (χ4n) is 5.59. The van der Waals surface area contributed by atoms with Crippen molar-refractivity contribution in [3.63, 3.8) is 0 Å². The number of aromatic amines is 1. The second kappa shape index (κ2) is 9.26. The van der Waals surface area contributed by atoms with Gasteiger partial charge in [0.1, 0.15) is 5.65 Å². The number of aromatic nitrogens is 2. The first kappa shape index (κ1) is 22.5. The van der Waals surface area contributed by atoms with Crippen LogP contribution >= 0.6 is 0 Å². The van der Waals surface area contributed by atoms with E-state index in [0.717, 1.165) is 42.7 Å². The summed E-state index contributed by atoms with van der Waals surface area (Å²) in [6.45, 7) is 9.57. The summed E-state index contributed by atoms with van der Waals surface area (Å²) in [6.07, 6.45) is 4.80. The van der Waals surface area contributed by atoms with Gasteiger partial charge in [0.15, 0.2) is 0 Å². The molecule has 8 heteroatoms. The normalized spacial score (nSPS) is 22.9. The van der Waals surface area contributed by atoms with Crippen molar-refractivity contribution in [3.05, 3.63) is 52.8 Å². The molecule has 8 nitrogen and oxygen atoms in total. The highest BCUT2D eigenvalue weighted by molar-refractivity contribution is 5.84. The van der Waals surface area contributed by atoms with E-state index < -0.39 is 0 Å². The average molecular weight is 476 g/mol. The Kier molecular flexibility index (Phi) is 5.96. The second-order valence-electron chi connectivity index (χ2n) is 9.95. The maximum Gasteiger partial charge on any atom is 0.320 e. The summed E-state index contributed by atoms with van der Waals surface area (Å²) in [5.74, 6) is 0. The van der Waals surface area contributed by atoms with Gasteiger partial charge in [-0.25, -0.2) is 9.78 Å². The number of aryl methyl sites for hydroxylation is 1. The molecule has 0 aliphatic carbocycles. The van der Waals surface area contributed by atoms with Crippen LogP contribution in [-0.4, -0.2) is 77.9 Å². The number of rotatable bonds is 2. The molecule has 35 heavy (non-hydrogen) atoms. The third-order valence-electron chi connectivity index (χ3n) is 7.63. The topological polar surface area (TPSA) is 82.7 Å². The molecular formula is C27H33N5O3. The molecule has 2 fully saturated rings. The van der Waals surface area contributed by atoms with Crippen LogP contribution in [0.15, 0.2) is 30.6 Å². The van der Waals surface area contributed by atoms with E-state index in [1.54, 1.807) is 0 Å². The number of hydrogen-bond donors (Lipinski definition) is 2. The zero-order valence-electron chi connectivity index (χ0n) is 20.5. The zero-order chi connectivity index (χ0) is 23.9. The zero-order valence-corrected chi connectivity index (χ0v) is 20.5. The predicted molar refractivity (Wildman–Crippen MR) is 134 cm³/mol. The number of carbonyl (C=O) groups is 1. The van der Waals surface area contributed by atoms with E-state index in [9.17, 15) is 4.79 Å². The Morgan fingerprint density at radius 3 is 2.83 bits per heavy atom. The van der Waals surface area contributed by atoms with Gasteiger partial charge in [0.25, 0.3) is 0 Å². The fourth-order valence-corrected chi connectivity index (χ4v) is 5.59. The second-order valence-corrected chi connectivity index (χ2v) is 9.95. The number of ether oxygens (including phenoxy) is 2. The lowest BCUT2D eigenvalue weighted by Crippen LogP contribution is -2.53. The Bertz CT molecular complexity index is 1250. The molecule has 2 aromatic heterocycles. The third kappa shape index (κ3) is 4.20. The van der Waals surface area contributed by atoms with Gasteiger partial charge in [0.2, 0.25) is 0 Å². The van der Waals surface area contributed by atoms with Crippen molar-refractivity contribution in [1.82, 2.24) is 25.1 Å². The number of nitrogens with one attached hydrogen (secondary N) is 2. The molecule has 2 N–H and O–H groups in total. The lowest BCUT2D eigenvalue weighted by Gasteiger charge is -2.40. The first-order valence-electron chi connectivity index (χ1n) is 12.6. The molecule has 2 amide bonds. The molecule has 2 saturated heterocycles. The minimum Gasteiger partial charge on any atom is -0.378 e. The summed E-state index contributed by atoms with van der Waals surface area (Å²) >= 11 is 0. The van der Waals surface area contributed by atoms with E-state index in [2.05, 4.69) is 47.3 Å². The van der Waals surface area contributed by atoms with E-state index >= 15 is 0 Å². The van der Waals surface area contributed by atoms with Crippen molar-refractivity contribution in [3.8, 4) is 11.1 Å². The number of pyridine rings is 1. The maximum atomic E-state index is 13.4. The largest absolute Gasteiger partial charge is 0.378 e. The first-order valence-corrected chi connectivity index (χ1v) is 12.6. The molecule has 6 rings (SSSR count). The molecule has 2 atom stereocenters. The highest BCUT2D eigenvalue weighted by Crippen LogP contribution is 2.35. The molecule has 1 aromatic carbocycles. The SMILES string of the molecule is Cc1c[nH]c2ncc(-c3cc4c(c([C@@H]5COCCN5)c3)CN(C(=O)N3CCOC[C@H]3C)CC4)cc12. The van der Waals surface area contributed by atoms with Gasteiger partial charge in [-0.2, -0.15) is 0 Å². The smallest absolute Gasteiger partial charge is 0.320 e. The van der Waals surface area contributed by atoms with Crippen LogP contribution in [0.1, 0.15) is 35.2 Å². The number of carbonyl (C=O) groups excluding carboxylic acids is 1. The van der Waals surface area contributed by atoms with Gasteiger partial charge in [0, 0.05) is 49.5 Å². The number of amides is 2. The van der Waals surface area contributed by atoms with E-state index in [0.29, 0.717) is 32.9 Å².